The number of aromatic nitrogens is 2. The van der Waals surface area contributed by atoms with Crippen molar-refractivity contribution in [3.8, 4) is 0 Å². The zero-order chi connectivity index (χ0) is 15.2. The number of nitrogens with zero attached hydrogens (tertiary/aromatic N) is 2. The van der Waals surface area contributed by atoms with E-state index in [4.69, 9.17) is 0 Å². The topological polar surface area (TPSA) is 64.0 Å². The van der Waals surface area contributed by atoms with Crippen molar-refractivity contribution in [3.05, 3.63) is 17.0 Å². The molecule has 1 aliphatic heterocycles. The van der Waals surface area contributed by atoms with Gasteiger partial charge in [0.15, 0.2) is 9.84 Å². The summed E-state index contributed by atoms with van der Waals surface area (Å²) in [7, 11) is -2.87. The van der Waals surface area contributed by atoms with E-state index in [9.17, 15) is 8.42 Å². The molecule has 2 aliphatic rings. The van der Waals surface area contributed by atoms with Crippen LogP contribution >= 0.6 is 0 Å². The van der Waals surface area contributed by atoms with Gasteiger partial charge in [-0.3, -0.25) is 4.68 Å². The van der Waals surface area contributed by atoms with Gasteiger partial charge in [-0.1, -0.05) is 6.92 Å². The fraction of sp³-hybridized carbons (Fsp3) is 0.800. The number of rotatable bonds is 5. The molecule has 5 nitrogen and oxygen atoms in total. The number of hydrogen-bond donors (Lipinski definition) is 1. The highest BCUT2D eigenvalue weighted by atomic mass is 32.2. The van der Waals surface area contributed by atoms with Crippen LogP contribution in [0.1, 0.15) is 42.8 Å². The molecule has 1 saturated carbocycles. The van der Waals surface area contributed by atoms with Crippen molar-refractivity contribution >= 4 is 9.84 Å². The van der Waals surface area contributed by atoms with Crippen molar-refractivity contribution in [2.75, 3.05) is 18.1 Å². The quantitative estimate of drug-likeness (QED) is 0.897. The molecule has 1 N–H and O–H groups in total. The van der Waals surface area contributed by atoms with E-state index >= 15 is 0 Å². The van der Waals surface area contributed by atoms with Gasteiger partial charge < -0.3 is 5.32 Å². The van der Waals surface area contributed by atoms with E-state index in [1.54, 1.807) is 0 Å². The molecular formula is C15H25N3O2S. The van der Waals surface area contributed by atoms with Crippen molar-refractivity contribution in [1.29, 1.82) is 0 Å². The second kappa shape index (κ2) is 5.39. The summed E-state index contributed by atoms with van der Waals surface area (Å²) in [5, 5.41) is 8.12. The minimum absolute atomic E-state index is 0.0194. The lowest BCUT2D eigenvalue weighted by Gasteiger charge is -2.11. The summed E-state index contributed by atoms with van der Waals surface area (Å²) in [6, 6.07) is 0.0194. The van der Waals surface area contributed by atoms with Gasteiger partial charge in [-0.25, -0.2) is 8.42 Å². The zero-order valence-electron chi connectivity index (χ0n) is 13.1. The minimum Gasteiger partial charge on any atom is -0.312 e. The first-order chi connectivity index (χ1) is 9.87. The van der Waals surface area contributed by atoms with E-state index < -0.39 is 9.84 Å². The first kappa shape index (κ1) is 15.0. The lowest BCUT2D eigenvalue weighted by atomic mass is 10.2. The maximum absolute atomic E-state index is 11.6. The van der Waals surface area contributed by atoms with Crippen LogP contribution in [-0.2, 0) is 16.4 Å². The van der Waals surface area contributed by atoms with E-state index in [1.165, 1.54) is 12.0 Å². The molecule has 6 heteroatoms. The Bertz CT molecular complexity index is 636. The SMILES string of the molecule is Cc1nn(C2CCS(=O)(=O)C2)c(C)c1CNCC1CC1C. The van der Waals surface area contributed by atoms with Gasteiger partial charge >= 0.3 is 0 Å². The smallest absolute Gasteiger partial charge is 0.152 e. The summed E-state index contributed by atoms with van der Waals surface area (Å²) in [6.45, 7) is 8.27. The maximum atomic E-state index is 11.6. The van der Waals surface area contributed by atoms with Crippen molar-refractivity contribution in [2.24, 2.45) is 11.8 Å². The molecular weight excluding hydrogens is 286 g/mol. The molecule has 1 aromatic heterocycles. The molecule has 0 amide bonds. The monoisotopic (exact) mass is 311 g/mol. The van der Waals surface area contributed by atoms with Crippen LogP contribution in [0, 0.1) is 25.7 Å². The van der Waals surface area contributed by atoms with E-state index in [1.807, 2.05) is 11.6 Å². The Hall–Kier alpha value is -0.880. The van der Waals surface area contributed by atoms with Gasteiger partial charge in [-0.2, -0.15) is 5.10 Å². The predicted molar refractivity (Wildman–Crippen MR) is 83.0 cm³/mol. The summed E-state index contributed by atoms with van der Waals surface area (Å²) < 4.78 is 25.2. The van der Waals surface area contributed by atoms with Crippen LogP contribution in [0.25, 0.3) is 0 Å². The first-order valence-corrected chi connectivity index (χ1v) is 9.65. The summed E-state index contributed by atoms with van der Waals surface area (Å²) in [5.41, 5.74) is 3.37. The summed E-state index contributed by atoms with van der Waals surface area (Å²) in [5.74, 6) is 2.23. The summed E-state index contributed by atoms with van der Waals surface area (Å²) in [4.78, 5) is 0. The van der Waals surface area contributed by atoms with Gasteiger partial charge in [0.1, 0.15) is 0 Å². The molecule has 21 heavy (non-hydrogen) atoms. The second-order valence-corrected chi connectivity index (χ2v) is 8.98. The lowest BCUT2D eigenvalue weighted by Crippen LogP contribution is -2.18. The van der Waals surface area contributed by atoms with Crippen LogP contribution in [0.2, 0.25) is 0 Å². The fourth-order valence-corrected chi connectivity index (χ4v) is 5.03. The molecule has 0 spiro atoms. The van der Waals surface area contributed by atoms with Gasteiger partial charge in [0.05, 0.1) is 23.2 Å². The highest BCUT2D eigenvalue weighted by Gasteiger charge is 2.33. The summed E-state index contributed by atoms with van der Waals surface area (Å²) in [6.07, 6.45) is 2.03. The third kappa shape index (κ3) is 3.16. The molecule has 0 bridgehead atoms. The van der Waals surface area contributed by atoms with Crippen LogP contribution in [0.3, 0.4) is 0 Å². The molecule has 3 unspecified atom stereocenters. The predicted octanol–water partition coefficient (Wildman–Crippen LogP) is 1.61. The Kier molecular flexibility index (Phi) is 3.86. The third-order valence-electron chi connectivity index (χ3n) is 5.01. The Morgan fingerprint density at radius 2 is 2.10 bits per heavy atom. The Morgan fingerprint density at radius 1 is 1.38 bits per heavy atom. The van der Waals surface area contributed by atoms with Gasteiger partial charge in [0.2, 0.25) is 0 Å². The standard InChI is InChI=1S/C15H25N3O2S/c1-10-6-13(10)7-16-8-15-11(2)17-18(12(15)3)14-4-5-21(19,20)9-14/h10,13-14,16H,4-9H2,1-3H3. The Labute approximate surface area is 127 Å². The first-order valence-electron chi connectivity index (χ1n) is 7.83. The van der Waals surface area contributed by atoms with Crippen molar-refractivity contribution in [3.63, 3.8) is 0 Å². The zero-order valence-corrected chi connectivity index (χ0v) is 13.9. The third-order valence-corrected chi connectivity index (χ3v) is 6.76. The maximum Gasteiger partial charge on any atom is 0.152 e. The number of hydrogen-bond acceptors (Lipinski definition) is 4. The van der Waals surface area contributed by atoms with E-state index in [2.05, 4.69) is 24.3 Å². The molecule has 0 radical (unpaired) electrons. The molecule has 2 fully saturated rings. The van der Waals surface area contributed by atoms with Crippen molar-refractivity contribution < 1.29 is 8.42 Å². The molecule has 0 aromatic carbocycles. The Morgan fingerprint density at radius 3 is 2.67 bits per heavy atom. The average molecular weight is 311 g/mol. The van der Waals surface area contributed by atoms with Crippen LogP contribution in [0.15, 0.2) is 0 Å². The lowest BCUT2D eigenvalue weighted by molar-refractivity contribution is 0.485. The molecule has 3 rings (SSSR count). The minimum atomic E-state index is -2.87. The molecule has 2 heterocycles. The number of aryl methyl sites for hydroxylation is 1. The van der Waals surface area contributed by atoms with Gasteiger partial charge in [0, 0.05) is 17.8 Å². The number of sulfone groups is 1. The van der Waals surface area contributed by atoms with Crippen molar-refractivity contribution in [2.45, 2.75) is 46.2 Å². The normalized spacial score (nSPS) is 30.7. The highest BCUT2D eigenvalue weighted by Crippen LogP contribution is 2.36. The van der Waals surface area contributed by atoms with Gasteiger partial charge in [0.25, 0.3) is 0 Å². The molecule has 3 atom stereocenters. The van der Waals surface area contributed by atoms with E-state index in [0.29, 0.717) is 12.2 Å². The molecule has 1 saturated heterocycles. The highest BCUT2D eigenvalue weighted by molar-refractivity contribution is 7.91. The van der Waals surface area contributed by atoms with Crippen LogP contribution in [-0.4, -0.2) is 36.2 Å². The molecule has 1 aromatic rings. The largest absolute Gasteiger partial charge is 0.312 e. The van der Waals surface area contributed by atoms with Crippen molar-refractivity contribution in [1.82, 2.24) is 15.1 Å². The van der Waals surface area contributed by atoms with Crippen LogP contribution in [0.5, 0.6) is 0 Å². The average Bonchev–Trinajstić information content (AvgIpc) is 2.87. The van der Waals surface area contributed by atoms with Gasteiger partial charge in [-0.15, -0.1) is 0 Å². The van der Waals surface area contributed by atoms with Crippen LogP contribution in [0.4, 0.5) is 0 Å². The van der Waals surface area contributed by atoms with Gasteiger partial charge in [-0.05, 0) is 45.1 Å². The second-order valence-electron chi connectivity index (χ2n) is 6.75. The summed E-state index contributed by atoms with van der Waals surface area (Å²) >= 11 is 0. The fourth-order valence-electron chi connectivity index (χ4n) is 3.34. The molecule has 1 aliphatic carbocycles. The Balaban J connectivity index is 1.68. The molecule has 118 valence electrons. The number of nitrogens with one attached hydrogen (secondary N) is 1. The van der Waals surface area contributed by atoms with E-state index in [-0.39, 0.29) is 11.8 Å². The van der Waals surface area contributed by atoms with E-state index in [0.717, 1.165) is 36.3 Å². The van der Waals surface area contributed by atoms with Crippen LogP contribution < -0.4 is 5.32 Å².